The summed E-state index contributed by atoms with van der Waals surface area (Å²) in [4.78, 5) is 9.84. The molecule has 0 bridgehead atoms. The van der Waals surface area contributed by atoms with E-state index in [9.17, 15) is 9.90 Å². The van der Waals surface area contributed by atoms with Gasteiger partial charge in [-0.2, -0.15) is 0 Å². The topological polar surface area (TPSA) is 46.5 Å². The molecule has 0 fully saturated rings. The highest BCUT2D eigenvalue weighted by Crippen LogP contribution is 2.18. The number of esters is 1. The lowest BCUT2D eigenvalue weighted by atomic mass is 10.0. The second kappa shape index (κ2) is 14.2. The summed E-state index contributed by atoms with van der Waals surface area (Å²) in [5.41, 5.74) is 1.09. The van der Waals surface area contributed by atoms with Gasteiger partial charge in [0.1, 0.15) is 5.75 Å². The molecule has 0 atom stereocenters. The van der Waals surface area contributed by atoms with E-state index in [1.54, 1.807) is 6.07 Å². The Morgan fingerprint density at radius 2 is 1.73 bits per heavy atom. The summed E-state index contributed by atoms with van der Waals surface area (Å²) in [7, 11) is 1.31. The molecular weight excluding hydrogens is 276 g/mol. The van der Waals surface area contributed by atoms with Crippen LogP contribution in [-0.2, 0) is 16.0 Å². The molecule has 0 aliphatic carbocycles. The first kappa shape index (κ1) is 20.2. The molecule has 0 spiro atoms. The summed E-state index contributed by atoms with van der Waals surface area (Å²) in [6.07, 6.45) is 11.4. The number of hydrogen-bond acceptors (Lipinski definition) is 3. The van der Waals surface area contributed by atoms with Gasteiger partial charge < -0.3 is 9.84 Å². The summed E-state index contributed by atoms with van der Waals surface area (Å²) >= 11 is 0. The minimum Gasteiger partial charge on any atom is -0.508 e. The van der Waals surface area contributed by atoms with Crippen molar-refractivity contribution in [2.45, 2.75) is 58.3 Å². The molecule has 0 unspecified atom stereocenters. The predicted octanol–water partition coefficient (Wildman–Crippen LogP) is 5.03. The first-order valence-electron chi connectivity index (χ1n) is 8.13. The first-order chi connectivity index (χ1) is 10.7. The highest BCUT2D eigenvalue weighted by Gasteiger charge is 1.98. The molecule has 0 heterocycles. The second-order valence-corrected chi connectivity index (χ2v) is 5.23. The van der Waals surface area contributed by atoms with Gasteiger partial charge >= 0.3 is 5.97 Å². The Morgan fingerprint density at radius 3 is 2.23 bits per heavy atom. The third kappa shape index (κ3) is 11.0. The molecule has 1 rings (SSSR count). The van der Waals surface area contributed by atoms with Crippen molar-refractivity contribution in [3.63, 3.8) is 0 Å². The van der Waals surface area contributed by atoms with Gasteiger partial charge in [-0.1, -0.05) is 70.2 Å². The van der Waals surface area contributed by atoms with Crippen LogP contribution in [0.2, 0.25) is 0 Å². The fourth-order valence-corrected chi connectivity index (χ4v) is 2.08. The van der Waals surface area contributed by atoms with Gasteiger partial charge in [-0.3, -0.25) is 0 Å². The van der Waals surface area contributed by atoms with E-state index in [0.29, 0.717) is 5.75 Å². The van der Waals surface area contributed by atoms with Gasteiger partial charge in [-0.15, -0.1) is 0 Å². The molecule has 0 aliphatic rings. The molecule has 3 heteroatoms. The van der Waals surface area contributed by atoms with Crippen molar-refractivity contribution >= 4 is 5.97 Å². The standard InChI is InChI=1S/C15H24O.C4H6O2/c1-2-3-4-5-6-7-8-11-14-12-9-10-13-15(14)16;1-3-4(5)6-2/h9-10,12-13,16H,2-8,11H2,1H3;3H,1H2,2H3. The van der Waals surface area contributed by atoms with E-state index in [2.05, 4.69) is 18.2 Å². The van der Waals surface area contributed by atoms with Gasteiger partial charge in [0, 0.05) is 6.08 Å². The van der Waals surface area contributed by atoms with Gasteiger partial charge in [0.2, 0.25) is 0 Å². The summed E-state index contributed by atoms with van der Waals surface area (Å²) < 4.78 is 4.14. The Labute approximate surface area is 135 Å². The Kier molecular flexibility index (Phi) is 13.0. The molecule has 22 heavy (non-hydrogen) atoms. The summed E-state index contributed by atoms with van der Waals surface area (Å²) in [5.74, 6) is 0.0588. The van der Waals surface area contributed by atoms with Gasteiger partial charge in [0.25, 0.3) is 0 Å². The number of benzene rings is 1. The molecule has 1 N–H and O–H groups in total. The Morgan fingerprint density at radius 1 is 1.14 bits per heavy atom. The second-order valence-electron chi connectivity index (χ2n) is 5.23. The van der Waals surface area contributed by atoms with E-state index < -0.39 is 5.97 Å². The lowest BCUT2D eigenvalue weighted by molar-refractivity contribution is -0.134. The normalized spacial score (nSPS) is 9.55. The van der Waals surface area contributed by atoms with Crippen LogP contribution in [-0.4, -0.2) is 18.2 Å². The lowest BCUT2D eigenvalue weighted by Gasteiger charge is -2.04. The zero-order chi connectivity index (χ0) is 16.6. The van der Waals surface area contributed by atoms with Crippen LogP contribution in [0.4, 0.5) is 0 Å². The predicted molar refractivity (Wildman–Crippen MR) is 92.0 cm³/mol. The number of para-hydroxylation sites is 1. The lowest BCUT2D eigenvalue weighted by Crippen LogP contribution is -1.91. The van der Waals surface area contributed by atoms with Crippen molar-refractivity contribution in [2.75, 3.05) is 7.11 Å². The van der Waals surface area contributed by atoms with Gasteiger partial charge in [-0.05, 0) is 24.5 Å². The van der Waals surface area contributed by atoms with Crippen molar-refractivity contribution in [3.05, 3.63) is 42.5 Å². The summed E-state index contributed by atoms with van der Waals surface area (Å²) in [6, 6.07) is 7.67. The molecular formula is C19H30O3. The number of ether oxygens (including phenoxy) is 1. The molecule has 0 saturated heterocycles. The molecule has 0 aromatic heterocycles. The summed E-state index contributed by atoms with van der Waals surface area (Å²) in [6.45, 7) is 5.41. The number of aromatic hydroxyl groups is 1. The largest absolute Gasteiger partial charge is 0.508 e. The number of methoxy groups -OCH3 is 1. The van der Waals surface area contributed by atoms with Crippen LogP contribution < -0.4 is 0 Å². The third-order valence-electron chi connectivity index (χ3n) is 3.41. The van der Waals surface area contributed by atoms with Crippen LogP contribution in [0.25, 0.3) is 0 Å². The van der Waals surface area contributed by atoms with E-state index in [0.717, 1.165) is 18.1 Å². The van der Waals surface area contributed by atoms with Crippen LogP contribution in [0.1, 0.15) is 57.4 Å². The van der Waals surface area contributed by atoms with Crippen molar-refractivity contribution in [2.24, 2.45) is 0 Å². The first-order valence-corrected chi connectivity index (χ1v) is 8.13. The molecule has 0 saturated carbocycles. The van der Waals surface area contributed by atoms with E-state index >= 15 is 0 Å². The van der Waals surface area contributed by atoms with E-state index in [1.165, 1.54) is 52.1 Å². The number of carbonyl (C=O) groups excluding carboxylic acids is 1. The van der Waals surface area contributed by atoms with E-state index in [4.69, 9.17) is 0 Å². The molecule has 0 amide bonds. The molecule has 1 aromatic rings. The highest BCUT2D eigenvalue weighted by atomic mass is 16.5. The maximum atomic E-state index is 9.84. The molecule has 3 nitrogen and oxygen atoms in total. The monoisotopic (exact) mass is 306 g/mol. The molecule has 1 aromatic carbocycles. The quantitative estimate of drug-likeness (QED) is 0.395. The number of aryl methyl sites for hydroxylation is 1. The van der Waals surface area contributed by atoms with Crippen molar-refractivity contribution in [3.8, 4) is 5.75 Å². The van der Waals surface area contributed by atoms with Crippen molar-refractivity contribution in [1.82, 2.24) is 0 Å². The molecule has 0 aliphatic heterocycles. The van der Waals surface area contributed by atoms with Gasteiger partial charge in [0.05, 0.1) is 7.11 Å². The Hall–Kier alpha value is -1.77. The number of unbranched alkanes of at least 4 members (excludes halogenated alkanes) is 6. The minimum absolute atomic E-state index is 0.394. The fourth-order valence-electron chi connectivity index (χ4n) is 2.08. The number of hydrogen-bond donors (Lipinski definition) is 1. The number of phenolic OH excluding ortho intramolecular Hbond substituents is 1. The number of carbonyl (C=O) groups is 1. The third-order valence-corrected chi connectivity index (χ3v) is 3.41. The Bertz CT molecular complexity index is 413. The van der Waals surface area contributed by atoms with Crippen LogP contribution in [0, 0.1) is 0 Å². The Balaban J connectivity index is 0.000000626. The average molecular weight is 306 g/mol. The average Bonchev–Trinajstić information content (AvgIpc) is 2.55. The zero-order valence-corrected chi connectivity index (χ0v) is 14.0. The van der Waals surface area contributed by atoms with Crippen LogP contribution in [0.3, 0.4) is 0 Å². The minimum atomic E-state index is -0.394. The van der Waals surface area contributed by atoms with Crippen LogP contribution in [0.5, 0.6) is 5.75 Å². The SMILES string of the molecule is C=CC(=O)OC.CCCCCCCCCc1ccccc1O. The van der Waals surface area contributed by atoms with E-state index in [1.807, 2.05) is 18.2 Å². The van der Waals surface area contributed by atoms with Gasteiger partial charge in [0.15, 0.2) is 0 Å². The maximum absolute atomic E-state index is 9.84. The maximum Gasteiger partial charge on any atom is 0.329 e. The number of rotatable bonds is 9. The van der Waals surface area contributed by atoms with Gasteiger partial charge in [-0.25, -0.2) is 4.79 Å². The molecule has 124 valence electrons. The van der Waals surface area contributed by atoms with Crippen molar-refractivity contribution < 1.29 is 14.6 Å². The van der Waals surface area contributed by atoms with Crippen molar-refractivity contribution in [1.29, 1.82) is 0 Å². The highest BCUT2D eigenvalue weighted by molar-refractivity contribution is 5.80. The van der Waals surface area contributed by atoms with E-state index in [-0.39, 0.29) is 0 Å². The van der Waals surface area contributed by atoms with Crippen LogP contribution in [0.15, 0.2) is 36.9 Å². The summed E-state index contributed by atoms with van der Waals surface area (Å²) in [5, 5.41) is 9.58. The smallest absolute Gasteiger partial charge is 0.329 e. The number of phenols is 1. The zero-order valence-electron chi connectivity index (χ0n) is 14.0. The molecule has 0 radical (unpaired) electrons. The van der Waals surface area contributed by atoms with Crippen LogP contribution >= 0.6 is 0 Å². The fraction of sp³-hybridized carbons (Fsp3) is 0.526.